The Morgan fingerprint density at radius 2 is 1.87 bits per heavy atom. The van der Waals surface area contributed by atoms with Gasteiger partial charge in [-0.05, 0) is 41.3 Å². The third-order valence-electron chi connectivity index (χ3n) is 4.82. The smallest absolute Gasteiger partial charge is 0.328 e. The molecule has 7 nitrogen and oxygen atoms in total. The number of benzene rings is 2. The van der Waals surface area contributed by atoms with Gasteiger partial charge >= 0.3 is 5.97 Å². The Morgan fingerprint density at radius 1 is 1.13 bits per heavy atom. The third-order valence-corrected chi connectivity index (χ3v) is 6.69. The first-order chi connectivity index (χ1) is 14.4. The van der Waals surface area contributed by atoms with Gasteiger partial charge in [-0.15, -0.1) is 0 Å². The highest BCUT2D eigenvalue weighted by atomic mass is 32.2. The van der Waals surface area contributed by atoms with E-state index in [1.165, 1.54) is 36.7 Å². The number of carboxylic acid groups (broad SMARTS) is 1. The molecular weight excluding hydrogens is 406 g/mol. The molecule has 2 aromatic rings. The molecule has 1 aliphatic rings. The summed E-state index contributed by atoms with van der Waals surface area (Å²) < 4.78 is 38.8. The first-order valence-electron chi connectivity index (χ1n) is 9.28. The Labute approximate surface area is 175 Å². The average molecular weight is 429 g/mol. The minimum absolute atomic E-state index is 0.0639. The van der Waals surface area contributed by atoms with Gasteiger partial charge in [0.2, 0.25) is 10.0 Å². The second-order valence-corrected chi connectivity index (χ2v) is 8.54. The van der Waals surface area contributed by atoms with Crippen LogP contribution in [0.5, 0.6) is 11.5 Å². The van der Waals surface area contributed by atoms with Crippen molar-refractivity contribution in [3.05, 3.63) is 65.7 Å². The fraction of sp³-hybridized carbons (Fsp3) is 0.227. The van der Waals surface area contributed by atoms with Crippen molar-refractivity contribution in [3.8, 4) is 11.5 Å². The summed E-state index contributed by atoms with van der Waals surface area (Å²) in [5.74, 6) is -0.840. The van der Waals surface area contributed by atoms with E-state index in [9.17, 15) is 13.2 Å². The summed E-state index contributed by atoms with van der Waals surface area (Å²) >= 11 is 0. The van der Waals surface area contributed by atoms with Crippen LogP contribution < -0.4 is 9.47 Å². The molecule has 0 unspecified atom stereocenters. The second kappa shape index (κ2) is 9.15. The fourth-order valence-corrected chi connectivity index (χ4v) is 4.91. The molecule has 2 aromatic carbocycles. The Bertz CT molecular complexity index is 1090. The van der Waals surface area contributed by atoms with Crippen molar-refractivity contribution in [2.45, 2.75) is 11.3 Å². The van der Waals surface area contributed by atoms with E-state index in [1.54, 1.807) is 0 Å². The van der Waals surface area contributed by atoms with Gasteiger partial charge in [0.1, 0.15) is 4.90 Å². The molecule has 158 valence electrons. The van der Waals surface area contributed by atoms with Crippen LogP contribution in [0.3, 0.4) is 0 Å². The molecule has 1 N–H and O–H groups in total. The average Bonchev–Trinajstić information content (AvgIpc) is 2.77. The molecule has 1 aliphatic heterocycles. The molecule has 0 radical (unpaired) electrons. The number of carboxylic acids is 1. The van der Waals surface area contributed by atoms with Crippen LogP contribution >= 0.6 is 0 Å². The van der Waals surface area contributed by atoms with Crippen LogP contribution in [-0.4, -0.2) is 51.1 Å². The fourth-order valence-electron chi connectivity index (χ4n) is 3.33. The molecule has 3 rings (SSSR count). The van der Waals surface area contributed by atoms with Gasteiger partial charge in [-0.1, -0.05) is 36.4 Å². The summed E-state index contributed by atoms with van der Waals surface area (Å²) in [5.41, 5.74) is 2.56. The number of methoxy groups -OCH3 is 2. The topological polar surface area (TPSA) is 93.1 Å². The predicted molar refractivity (Wildman–Crippen MR) is 114 cm³/mol. The number of rotatable bonds is 7. The molecule has 0 bridgehead atoms. The number of sulfonamides is 1. The highest BCUT2D eigenvalue weighted by Crippen LogP contribution is 2.38. The first kappa shape index (κ1) is 21.6. The van der Waals surface area contributed by atoms with Crippen molar-refractivity contribution in [1.82, 2.24) is 4.31 Å². The van der Waals surface area contributed by atoms with Crippen molar-refractivity contribution in [2.75, 3.05) is 27.3 Å². The molecule has 0 fully saturated rings. The van der Waals surface area contributed by atoms with Crippen molar-refractivity contribution in [2.24, 2.45) is 0 Å². The highest BCUT2D eigenvalue weighted by molar-refractivity contribution is 7.89. The van der Waals surface area contributed by atoms with Gasteiger partial charge in [-0.2, -0.15) is 4.31 Å². The lowest BCUT2D eigenvalue weighted by atomic mass is 10.0. The largest absolute Gasteiger partial charge is 0.493 e. The zero-order valence-corrected chi connectivity index (χ0v) is 17.6. The van der Waals surface area contributed by atoms with Crippen molar-refractivity contribution in [1.29, 1.82) is 0 Å². The van der Waals surface area contributed by atoms with Gasteiger partial charge < -0.3 is 14.6 Å². The Balaban J connectivity index is 1.98. The minimum atomic E-state index is -3.90. The predicted octanol–water partition coefficient (Wildman–Crippen LogP) is 3.28. The van der Waals surface area contributed by atoms with E-state index >= 15 is 0 Å². The molecule has 8 heteroatoms. The quantitative estimate of drug-likeness (QED) is 0.679. The van der Waals surface area contributed by atoms with Crippen LogP contribution in [0.2, 0.25) is 0 Å². The summed E-state index contributed by atoms with van der Waals surface area (Å²) in [6.07, 6.45) is 4.75. The summed E-state index contributed by atoms with van der Waals surface area (Å²) in [5, 5.41) is 8.88. The third kappa shape index (κ3) is 4.55. The van der Waals surface area contributed by atoms with Crippen molar-refractivity contribution < 1.29 is 27.8 Å². The van der Waals surface area contributed by atoms with Crippen LogP contribution in [0, 0.1) is 0 Å². The number of ether oxygens (including phenoxy) is 2. The zero-order valence-electron chi connectivity index (χ0n) is 16.7. The molecule has 0 aromatic heterocycles. The summed E-state index contributed by atoms with van der Waals surface area (Å²) in [6, 6.07) is 12.8. The second-order valence-electron chi connectivity index (χ2n) is 6.63. The number of nitrogens with zero attached hydrogens (tertiary/aromatic N) is 1. The van der Waals surface area contributed by atoms with E-state index in [0.717, 1.165) is 17.2 Å². The minimum Gasteiger partial charge on any atom is -0.493 e. The van der Waals surface area contributed by atoms with E-state index in [1.807, 2.05) is 36.4 Å². The van der Waals surface area contributed by atoms with E-state index in [0.29, 0.717) is 18.5 Å². The van der Waals surface area contributed by atoms with Crippen LogP contribution in [0.4, 0.5) is 0 Å². The van der Waals surface area contributed by atoms with E-state index < -0.39 is 16.0 Å². The van der Waals surface area contributed by atoms with Crippen molar-refractivity contribution in [3.63, 3.8) is 0 Å². The van der Waals surface area contributed by atoms with E-state index in [-0.39, 0.29) is 22.9 Å². The molecule has 1 heterocycles. The van der Waals surface area contributed by atoms with Crippen LogP contribution in [0.1, 0.15) is 17.5 Å². The summed E-state index contributed by atoms with van der Waals surface area (Å²) in [4.78, 5) is 10.8. The molecule has 0 saturated heterocycles. The monoisotopic (exact) mass is 429 g/mol. The number of carbonyl (C=O) groups is 1. The first-order valence-corrected chi connectivity index (χ1v) is 10.7. The highest BCUT2D eigenvalue weighted by Gasteiger charge is 2.31. The number of hydrogen-bond acceptors (Lipinski definition) is 5. The maximum absolute atomic E-state index is 13.4. The standard InChI is InChI=1S/C22H23NO6S/c1-28-19-14-16(8-9-21(24)25)15-20(22(19)29-2)30(26,27)23-12-10-18(11-13-23)17-6-4-3-5-7-17/h3-10,14-15H,11-13H2,1-2H3,(H,24,25). The molecule has 0 aliphatic carbocycles. The molecule has 30 heavy (non-hydrogen) atoms. The lowest BCUT2D eigenvalue weighted by molar-refractivity contribution is -0.131. The SMILES string of the molecule is COc1cc(C=CC(=O)O)cc(S(=O)(=O)N2CC=C(c3ccccc3)CC2)c1OC. The lowest BCUT2D eigenvalue weighted by Gasteiger charge is -2.27. The molecule has 0 spiro atoms. The van der Waals surface area contributed by atoms with Gasteiger partial charge in [0.15, 0.2) is 11.5 Å². The lowest BCUT2D eigenvalue weighted by Crippen LogP contribution is -2.35. The maximum Gasteiger partial charge on any atom is 0.328 e. The Kier molecular flexibility index (Phi) is 6.59. The number of aliphatic carboxylic acids is 1. The Hall–Kier alpha value is -3.10. The maximum atomic E-state index is 13.4. The van der Waals surface area contributed by atoms with Gasteiger partial charge in [-0.3, -0.25) is 0 Å². The van der Waals surface area contributed by atoms with Gasteiger partial charge in [0.05, 0.1) is 14.2 Å². The number of hydrogen-bond donors (Lipinski definition) is 1. The summed E-state index contributed by atoms with van der Waals surface area (Å²) in [7, 11) is -1.14. The van der Waals surface area contributed by atoms with Crippen LogP contribution in [0.15, 0.2) is 59.5 Å². The van der Waals surface area contributed by atoms with E-state index in [4.69, 9.17) is 14.6 Å². The molecule has 0 amide bonds. The van der Waals surface area contributed by atoms with Crippen LogP contribution in [-0.2, 0) is 14.8 Å². The molecular formula is C22H23NO6S. The zero-order chi connectivity index (χ0) is 21.7. The van der Waals surface area contributed by atoms with Gasteiger partial charge in [0, 0.05) is 19.2 Å². The molecule has 0 atom stereocenters. The van der Waals surface area contributed by atoms with Gasteiger partial charge in [0.25, 0.3) is 0 Å². The van der Waals surface area contributed by atoms with Crippen molar-refractivity contribution >= 4 is 27.6 Å². The normalized spacial score (nSPS) is 15.1. The summed E-state index contributed by atoms with van der Waals surface area (Å²) in [6.45, 7) is 0.553. The molecule has 0 saturated carbocycles. The Morgan fingerprint density at radius 3 is 2.43 bits per heavy atom. The van der Waals surface area contributed by atoms with Gasteiger partial charge in [-0.25, -0.2) is 13.2 Å². The van der Waals surface area contributed by atoms with E-state index in [2.05, 4.69) is 0 Å². The van der Waals surface area contributed by atoms with Crippen LogP contribution in [0.25, 0.3) is 11.6 Å².